The molecule has 1 atom stereocenters. The molecule has 0 aromatic heterocycles. The number of rotatable bonds is 12. The van der Waals surface area contributed by atoms with Gasteiger partial charge in [-0.15, -0.1) is 0 Å². The van der Waals surface area contributed by atoms with Crippen LogP contribution in [0.2, 0.25) is 0 Å². The number of piperidine rings is 1. The first-order chi connectivity index (χ1) is 36.1. The summed E-state index contributed by atoms with van der Waals surface area (Å²) in [7, 11) is 0. The molecule has 1 saturated heterocycles. The molecule has 8 aromatic rings. The second-order valence-electron chi connectivity index (χ2n) is 22.1. The summed E-state index contributed by atoms with van der Waals surface area (Å²) in [5, 5.41) is 2.15. The van der Waals surface area contributed by atoms with Crippen LogP contribution >= 0.6 is 15.9 Å². The maximum atomic E-state index is 14.6. The van der Waals surface area contributed by atoms with Gasteiger partial charge in [0.05, 0.1) is 0 Å². The molecule has 0 N–H and O–H groups in total. The summed E-state index contributed by atoms with van der Waals surface area (Å²) in [5.74, 6) is 2.15. The SMILES string of the molecule is CCCCCC1CCC(c2ccc(-c3ccc(C(=O)c4ccc(-c5cc(Br)c6c(c5)-c5c(c7c(c8ccccc58)OC(c5ccc(F)cc5)(c5ccc(N8CCCCC8)cc5)C=C7)C6(C)C)cc4)cc3)cc2)CC1. The van der Waals surface area contributed by atoms with E-state index < -0.39 is 11.0 Å². The maximum Gasteiger partial charge on any atom is 0.193 e. The average molecular weight is 1040 g/mol. The minimum Gasteiger partial charge on any atom is -0.472 e. The summed E-state index contributed by atoms with van der Waals surface area (Å²) in [4.78, 5) is 16.4. The molecule has 2 aliphatic heterocycles. The van der Waals surface area contributed by atoms with Crippen molar-refractivity contribution in [3.63, 3.8) is 0 Å². The molecule has 3 nitrogen and oxygen atoms in total. The van der Waals surface area contributed by atoms with Crippen molar-refractivity contribution < 1.29 is 13.9 Å². The summed E-state index contributed by atoms with van der Waals surface area (Å²) in [6.07, 6.45) is 18.9. The van der Waals surface area contributed by atoms with Crippen LogP contribution in [-0.4, -0.2) is 18.9 Å². The number of halogens is 2. The molecule has 2 heterocycles. The first kappa shape index (κ1) is 48.4. The van der Waals surface area contributed by atoms with Crippen LogP contribution in [0.5, 0.6) is 5.75 Å². The summed E-state index contributed by atoms with van der Waals surface area (Å²) in [5.41, 5.74) is 14.8. The number of nitrogens with zero attached hydrogens (tertiary/aromatic N) is 1. The van der Waals surface area contributed by atoms with Crippen LogP contribution in [0.15, 0.2) is 168 Å². The topological polar surface area (TPSA) is 29.5 Å². The number of benzene rings is 8. The largest absolute Gasteiger partial charge is 0.472 e. The molecule has 1 saturated carbocycles. The molecule has 2 aliphatic carbocycles. The second-order valence-corrected chi connectivity index (χ2v) is 23.0. The van der Waals surface area contributed by atoms with E-state index in [4.69, 9.17) is 4.74 Å². The highest BCUT2D eigenvalue weighted by Gasteiger charge is 2.45. The van der Waals surface area contributed by atoms with E-state index >= 15 is 0 Å². The van der Waals surface area contributed by atoms with E-state index in [1.54, 1.807) is 0 Å². The Bertz CT molecular complexity index is 3400. The van der Waals surface area contributed by atoms with Gasteiger partial charge in [-0.1, -0.05) is 190 Å². The van der Waals surface area contributed by atoms with Gasteiger partial charge < -0.3 is 9.64 Å². The Morgan fingerprint density at radius 1 is 0.662 bits per heavy atom. The van der Waals surface area contributed by atoms with Gasteiger partial charge in [-0.2, -0.15) is 0 Å². The second kappa shape index (κ2) is 19.9. The highest BCUT2D eigenvalue weighted by molar-refractivity contribution is 9.10. The lowest BCUT2D eigenvalue weighted by Crippen LogP contribution is -2.35. The normalized spacial score (nSPS) is 19.7. The van der Waals surface area contributed by atoms with Gasteiger partial charge in [-0.25, -0.2) is 4.39 Å². The third-order valence-electron chi connectivity index (χ3n) is 17.3. The van der Waals surface area contributed by atoms with Gasteiger partial charge in [0, 0.05) is 61.9 Å². The van der Waals surface area contributed by atoms with Crippen molar-refractivity contribution >= 4 is 44.2 Å². The van der Waals surface area contributed by atoms with Crippen LogP contribution in [0.25, 0.3) is 50.2 Å². The highest BCUT2D eigenvalue weighted by Crippen LogP contribution is 2.60. The van der Waals surface area contributed by atoms with E-state index in [1.165, 1.54) is 122 Å². The molecule has 2 fully saturated rings. The Labute approximate surface area is 445 Å². The van der Waals surface area contributed by atoms with Gasteiger partial charge in [0.1, 0.15) is 11.6 Å². The van der Waals surface area contributed by atoms with Crippen molar-refractivity contribution in [2.45, 2.75) is 108 Å². The molecule has 0 spiro atoms. The predicted octanol–water partition coefficient (Wildman–Crippen LogP) is 18.8. The number of carbonyl (C=O) groups is 1. The van der Waals surface area contributed by atoms with E-state index in [0.29, 0.717) is 17.0 Å². The maximum absolute atomic E-state index is 14.6. The Morgan fingerprint density at radius 3 is 1.89 bits per heavy atom. The van der Waals surface area contributed by atoms with Crippen LogP contribution in [-0.2, 0) is 11.0 Å². The Balaban J connectivity index is 0.820. The first-order valence-corrected chi connectivity index (χ1v) is 28.2. The number of carbonyl (C=O) groups excluding carboxylic acids is 1. The lowest BCUT2D eigenvalue weighted by Gasteiger charge is -2.38. The smallest absolute Gasteiger partial charge is 0.193 e. The van der Waals surface area contributed by atoms with Crippen LogP contribution in [0.3, 0.4) is 0 Å². The van der Waals surface area contributed by atoms with Gasteiger partial charge in [0.15, 0.2) is 11.4 Å². The third-order valence-corrected chi connectivity index (χ3v) is 17.9. The molecule has 1 unspecified atom stereocenters. The summed E-state index contributed by atoms with van der Waals surface area (Å²) in [6, 6.07) is 54.1. The van der Waals surface area contributed by atoms with E-state index in [1.807, 2.05) is 36.4 Å². The summed E-state index contributed by atoms with van der Waals surface area (Å²) >= 11 is 4.10. The zero-order chi connectivity index (χ0) is 50.6. The molecule has 5 heteroatoms. The standard InChI is InChI=1S/C69H65BrFNO2/c1-4-5-7-12-45-15-17-46(18-16-45)47-19-21-48(22-20-47)49-23-27-51(28-24-49)66(73)52-29-25-50(26-30-52)53-43-61-63-58-13-8-9-14-59(58)67-60(65(63)68(2,3)64(61)62(70)44-53)39-40-69(74-67,54-31-35-56(71)36-32-54)55-33-37-57(38-34-55)72-41-10-6-11-42-72/h8-9,13-14,19-40,43-46H,4-7,10-12,15-18,41-42H2,1-3H3. The number of fused-ring (bicyclic) bond motifs is 8. The highest BCUT2D eigenvalue weighted by atomic mass is 79.9. The van der Waals surface area contributed by atoms with Crippen molar-refractivity contribution in [3.8, 4) is 39.1 Å². The molecular formula is C69H65BrFNO2. The van der Waals surface area contributed by atoms with Gasteiger partial charge in [0.25, 0.3) is 0 Å². The minimum absolute atomic E-state index is 0.0130. The number of ketones is 1. The monoisotopic (exact) mass is 1040 g/mol. The fourth-order valence-corrected chi connectivity index (χ4v) is 14.2. The van der Waals surface area contributed by atoms with Crippen molar-refractivity contribution in [2.24, 2.45) is 5.92 Å². The van der Waals surface area contributed by atoms with Crippen molar-refractivity contribution in [1.82, 2.24) is 0 Å². The number of unbranched alkanes of at least 4 members (excludes halogenated alkanes) is 2. The van der Waals surface area contributed by atoms with Gasteiger partial charge in [-0.05, 0) is 155 Å². The molecule has 74 heavy (non-hydrogen) atoms. The fraction of sp³-hybridized carbons (Fsp3) is 0.290. The molecule has 4 aliphatic rings. The lowest BCUT2D eigenvalue weighted by molar-refractivity contribution is 0.103. The van der Waals surface area contributed by atoms with E-state index in [2.05, 4.69) is 163 Å². The summed E-state index contributed by atoms with van der Waals surface area (Å²) in [6.45, 7) is 9.06. The predicted molar refractivity (Wildman–Crippen MR) is 308 cm³/mol. The van der Waals surface area contributed by atoms with Crippen LogP contribution in [0, 0.1) is 11.7 Å². The number of hydrogen-bond acceptors (Lipinski definition) is 3. The van der Waals surface area contributed by atoms with E-state index in [9.17, 15) is 9.18 Å². The van der Waals surface area contributed by atoms with Gasteiger partial charge in [-0.3, -0.25) is 4.79 Å². The zero-order valence-corrected chi connectivity index (χ0v) is 44.6. The van der Waals surface area contributed by atoms with Crippen molar-refractivity contribution in [1.29, 1.82) is 0 Å². The Morgan fingerprint density at radius 2 is 1.26 bits per heavy atom. The first-order valence-electron chi connectivity index (χ1n) is 27.4. The number of hydrogen-bond donors (Lipinski definition) is 0. The van der Waals surface area contributed by atoms with Gasteiger partial charge in [0.2, 0.25) is 0 Å². The van der Waals surface area contributed by atoms with Crippen LogP contribution < -0.4 is 9.64 Å². The minimum atomic E-state index is -0.989. The molecule has 0 radical (unpaired) electrons. The molecule has 8 aromatic carbocycles. The molecule has 372 valence electrons. The summed E-state index contributed by atoms with van der Waals surface area (Å²) < 4.78 is 23.2. The van der Waals surface area contributed by atoms with Crippen molar-refractivity contribution in [3.05, 3.63) is 219 Å². The zero-order valence-electron chi connectivity index (χ0n) is 43.0. The average Bonchev–Trinajstić information content (AvgIpc) is 3.72. The van der Waals surface area contributed by atoms with Crippen molar-refractivity contribution in [2.75, 3.05) is 18.0 Å². The van der Waals surface area contributed by atoms with Gasteiger partial charge >= 0.3 is 0 Å². The Hall–Kier alpha value is -6.56. The quantitative estimate of drug-likeness (QED) is 0.0902. The molecule has 0 bridgehead atoms. The van der Waals surface area contributed by atoms with E-state index in [0.717, 1.165) is 73.4 Å². The fourth-order valence-electron chi connectivity index (χ4n) is 13.2. The third kappa shape index (κ3) is 8.73. The number of ether oxygens (including phenoxy) is 1. The number of anilines is 1. The Kier molecular flexibility index (Phi) is 13.0. The lowest BCUT2D eigenvalue weighted by atomic mass is 9.76. The molecular weight excluding hydrogens is 974 g/mol. The van der Waals surface area contributed by atoms with Crippen LogP contribution in [0.1, 0.15) is 147 Å². The van der Waals surface area contributed by atoms with Crippen LogP contribution in [0.4, 0.5) is 10.1 Å². The molecule has 12 rings (SSSR count). The molecule has 0 amide bonds. The van der Waals surface area contributed by atoms with E-state index in [-0.39, 0.29) is 11.6 Å².